The van der Waals surface area contributed by atoms with Crippen LogP contribution in [0.5, 0.6) is 0 Å². The van der Waals surface area contributed by atoms with E-state index in [1.165, 1.54) is 24.8 Å². The number of nitrogens with one attached hydrogen (secondary N) is 1. The van der Waals surface area contributed by atoms with Crippen molar-refractivity contribution < 1.29 is 5.11 Å². The smallest absolute Gasteiger partial charge is 0.0613 e. The fraction of sp³-hybridized carbons (Fsp3) is 0.750. The lowest BCUT2D eigenvalue weighted by Gasteiger charge is -2.36. The highest BCUT2D eigenvalue weighted by molar-refractivity contribution is 5.04. The maximum atomic E-state index is 9.54. The summed E-state index contributed by atoms with van der Waals surface area (Å²) in [6, 6.07) is 0. The predicted molar refractivity (Wildman–Crippen MR) is 62.9 cm³/mol. The highest BCUT2D eigenvalue weighted by Crippen LogP contribution is 2.27. The number of nitrogens with zero attached hydrogens (tertiary/aromatic N) is 2. The molecule has 0 amide bonds. The van der Waals surface area contributed by atoms with E-state index < -0.39 is 0 Å². The van der Waals surface area contributed by atoms with Crippen LogP contribution in [0.3, 0.4) is 0 Å². The van der Waals surface area contributed by atoms with Crippen LogP contribution in [0.4, 0.5) is 0 Å². The molecule has 1 aliphatic rings. The first-order valence-electron chi connectivity index (χ1n) is 6.07. The van der Waals surface area contributed by atoms with Crippen LogP contribution < -0.4 is 5.32 Å². The summed E-state index contributed by atoms with van der Waals surface area (Å²) in [5.41, 5.74) is 1.13. The van der Waals surface area contributed by atoms with Crippen LogP contribution in [0, 0.1) is 0 Å². The third-order valence-electron chi connectivity index (χ3n) is 3.54. The normalized spacial score (nSPS) is 19.9. The Balaban J connectivity index is 1.91. The molecule has 0 atom stereocenters. The topological polar surface area (TPSA) is 50.1 Å². The minimum atomic E-state index is -0.0475. The lowest BCUT2D eigenvalue weighted by molar-refractivity contribution is 0.119. The molecule has 0 bridgehead atoms. The first kappa shape index (κ1) is 11.6. The highest BCUT2D eigenvalue weighted by atomic mass is 16.3. The van der Waals surface area contributed by atoms with Crippen molar-refractivity contribution in [2.24, 2.45) is 7.05 Å². The van der Waals surface area contributed by atoms with Gasteiger partial charge in [-0.3, -0.25) is 4.68 Å². The van der Waals surface area contributed by atoms with Gasteiger partial charge in [0.2, 0.25) is 0 Å². The Hall–Kier alpha value is -0.870. The second-order valence-corrected chi connectivity index (χ2v) is 4.87. The lowest BCUT2D eigenvalue weighted by Crippen LogP contribution is -2.49. The number of aliphatic hydroxyl groups is 1. The fourth-order valence-corrected chi connectivity index (χ4v) is 2.47. The van der Waals surface area contributed by atoms with Crippen LogP contribution in [-0.2, 0) is 13.6 Å². The summed E-state index contributed by atoms with van der Waals surface area (Å²) in [4.78, 5) is 0. The van der Waals surface area contributed by atoms with E-state index in [1.54, 1.807) is 0 Å². The van der Waals surface area contributed by atoms with Gasteiger partial charge in [-0.25, -0.2) is 0 Å². The molecular weight excluding hydrogens is 202 g/mol. The Labute approximate surface area is 96.7 Å². The van der Waals surface area contributed by atoms with Crippen LogP contribution >= 0.6 is 0 Å². The molecule has 0 spiro atoms. The highest BCUT2D eigenvalue weighted by Gasteiger charge is 2.30. The van der Waals surface area contributed by atoms with Crippen molar-refractivity contribution in [1.29, 1.82) is 0 Å². The molecule has 1 fully saturated rings. The average molecular weight is 223 g/mol. The van der Waals surface area contributed by atoms with E-state index in [4.69, 9.17) is 0 Å². The van der Waals surface area contributed by atoms with Crippen LogP contribution in [0.25, 0.3) is 0 Å². The van der Waals surface area contributed by atoms with Gasteiger partial charge < -0.3 is 10.4 Å². The summed E-state index contributed by atoms with van der Waals surface area (Å²) >= 11 is 0. The number of aryl methyl sites for hydroxylation is 1. The molecule has 0 saturated heterocycles. The van der Waals surface area contributed by atoms with Gasteiger partial charge in [0.15, 0.2) is 0 Å². The molecule has 2 rings (SSSR count). The third kappa shape index (κ3) is 2.62. The molecule has 4 heteroatoms. The van der Waals surface area contributed by atoms with Gasteiger partial charge in [0.1, 0.15) is 0 Å². The van der Waals surface area contributed by atoms with Crippen molar-refractivity contribution in [3.8, 4) is 0 Å². The minimum absolute atomic E-state index is 0.0475. The van der Waals surface area contributed by atoms with E-state index in [0.29, 0.717) is 0 Å². The van der Waals surface area contributed by atoms with Crippen molar-refractivity contribution >= 4 is 0 Å². The molecule has 1 aliphatic carbocycles. The van der Waals surface area contributed by atoms with Gasteiger partial charge in [-0.05, 0) is 12.8 Å². The minimum Gasteiger partial charge on any atom is -0.394 e. The van der Waals surface area contributed by atoms with Gasteiger partial charge in [0, 0.05) is 30.9 Å². The number of hydrogen-bond donors (Lipinski definition) is 2. The molecule has 2 N–H and O–H groups in total. The van der Waals surface area contributed by atoms with Gasteiger partial charge in [-0.15, -0.1) is 0 Å². The van der Waals surface area contributed by atoms with E-state index in [-0.39, 0.29) is 12.1 Å². The summed E-state index contributed by atoms with van der Waals surface area (Å²) in [7, 11) is 1.92. The van der Waals surface area contributed by atoms with Gasteiger partial charge in [-0.1, -0.05) is 19.3 Å². The standard InChI is InChI=1S/C12H21N3O/c1-15-9-11(8-14-15)7-13-12(10-16)5-3-2-4-6-12/h8-9,13,16H,2-7,10H2,1H3. The van der Waals surface area contributed by atoms with E-state index in [0.717, 1.165) is 19.4 Å². The Kier molecular flexibility index (Phi) is 3.61. The molecule has 16 heavy (non-hydrogen) atoms. The molecular formula is C12H21N3O. The largest absolute Gasteiger partial charge is 0.394 e. The average Bonchev–Trinajstić information content (AvgIpc) is 2.74. The van der Waals surface area contributed by atoms with E-state index in [2.05, 4.69) is 10.4 Å². The summed E-state index contributed by atoms with van der Waals surface area (Å²) in [6.45, 7) is 1.04. The van der Waals surface area contributed by atoms with Crippen LogP contribution in [-0.4, -0.2) is 27.0 Å². The number of rotatable bonds is 4. The molecule has 1 saturated carbocycles. The van der Waals surface area contributed by atoms with Gasteiger partial charge in [0.05, 0.1) is 12.8 Å². The molecule has 0 aliphatic heterocycles. The number of aliphatic hydroxyl groups excluding tert-OH is 1. The van der Waals surface area contributed by atoms with E-state index >= 15 is 0 Å². The molecule has 0 aromatic carbocycles. The third-order valence-corrected chi connectivity index (χ3v) is 3.54. The van der Waals surface area contributed by atoms with Crippen molar-refractivity contribution in [3.05, 3.63) is 18.0 Å². The summed E-state index contributed by atoms with van der Waals surface area (Å²) in [6.07, 6.45) is 9.81. The Morgan fingerprint density at radius 1 is 1.44 bits per heavy atom. The molecule has 0 unspecified atom stereocenters. The maximum Gasteiger partial charge on any atom is 0.0613 e. The van der Waals surface area contributed by atoms with Crippen LogP contribution in [0.15, 0.2) is 12.4 Å². The monoisotopic (exact) mass is 223 g/mol. The first-order chi connectivity index (χ1) is 7.74. The van der Waals surface area contributed by atoms with Crippen molar-refractivity contribution in [1.82, 2.24) is 15.1 Å². The number of hydrogen-bond acceptors (Lipinski definition) is 3. The zero-order valence-corrected chi connectivity index (χ0v) is 9.95. The molecule has 1 aromatic rings. The second-order valence-electron chi connectivity index (χ2n) is 4.87. The second kappa shape index (κ2) is 4.97. The predicted octanol–water partition coefficient (Wildman–Crippen LogP) is 1.20. The quantitative estimate of drug-likeness (QED) is 0.806. The van der Waals surface area contributed by atoms with Crippen LogP contribution in [0.2, 0.25) is 0 Å². The molecule has 1 heterocycles. The zero-order chi connectivity index (χ0) is 11.4. The van der Waals surface area contributed by atoms with Crippen molar-refractivity contribution in [2.75, 3.05) is 6.61 Å². The van der Waals surface area contributed by atoms with Gasteiger partial charge >= 0.3 is 0 Å². The molecule has 90 valence electrons. The number of aromatic nitrogens is 2. The first-order valence-corrected chi connectivity index (χ1v) is 6.07. The molecule has 1 aromatic heterocycles. The van der Waals surface area contributed by atoms with Gasteiger partial charge in [0.25, 0.3) is 0 Å². The van der Waals surface area contributed by atoms with Crippen molar-refractivity contribution in [2.45, 2.75) is 44.2 Å². The lowest BCUT2D eigenvalue weighted by atomic mass is 9.82. The maximum absolute atomic E-state index is 9.54. The Morgan fingerprint density at radius 2 is 2.19 bits per heavy atom. The molecule has 0 radical (unpaired) electrons. The molecule has 4 nitrogen and oxygen atoms in total. The van der Waals surface area contributed by atoms with E-state index in [1.807, 2.05) is 24.1 Å². The summed E-state index contributed by atoms with van der Waals surface area (Å²) in [5, 5.41) is 17.2. The fourth-order valence-electron chi connectivity index (χ4n) is 2.47. The van der Waals surface area contributed by atoms with Gasteiger partial charge in [-0.2, -0.15) is 5.10 Å². The SMILES string of the molecule is Cn1cc(CNC2(CO)CCCCC2)cn1. The van der Waals surface area contributed by atoms with E-state index in [9.17, 15) is 5.11 Å². The Bertz CT molecular complexity index is 329. The summed E-state index contributed by atoms with van der Waals surface area (Å²) < 4.78 is 1.81. The summed E-state index contributed by atoms with van der Waals surface area (Å²) in [5.74, 6) is 0. The van der Waals surface area contributed by atoms with Crippen LogP contribution in [0.1, 0.15) is 37.7 Å². The Morgan fingerprint density at radius 3 is 2.75 bits per heavy atom. The zero-order valence-electron chi connectivity index (χ0n) is 9.95. The van der Waals surface area contributed by atoms with Crippen molar-refractivity contribution in [3.63, 3.8) is 0 Å².